The Morgan fingerprint density at radius 3 is 3.20 bits per heavy atom. The standard InChI is InChI=1S/C11H15N3O/c1-12-7-10-8-13-9-14(10)5-4-11-3-2-6-15-11/h2-3,6,8-9,12H,4-5,7H2,1H3. The third-order valence-corrected chi connectivity index (χ3v) is 2.34. The number of hydrogen-bond acceptors (Lipinski definition) is 3. The number of imidazole rings is 1. The fourth-order valence-electron chi connectivity index (χ4n) is 1.56. The van der Waals surface area contributed by atoms with Gasteiger partial charge in [-0.3, -0.25) is 0 Å². The number of aromatic nitrogens is 2. The molecule has 0 bridgehead atoms. The third-order valence-electron chi connectivity index (χ3n) is 2.34. The van der Waals surface area contributed by atoms with Crippen LogP contribution in [0.5, 0.6) is 0 Å². The van der Waals surface area contributed by atoms with Gasteiger partial charge in [0.05, 0.1) is 18.3 Å². The second-order valence-electron chi connectivity index (χ2n) is 3.44. The highest BCUT2D eigenvalue weighted by Gasteiger charge is 2.02. The Kier molecular flexibility index (Phi) is 3.19. The zero-order chi connectivity index (χ0) is 10.5. The highest BCUT2D eigenvalue weighted by molar-refractivity contribution is 5.01. The summed E-state index contributed by atoms with van der Waals surface area (Å²) in [5.41, 5.74) is 1.20. The lowest BCUT2D eigenvalue weighted by molar-refractivity contribution is 0.487. The Morgan fingerprint density at radius 1 is 1.53 bits per heavy atom. The predicted molar refractivity (Wildman–Crippen MR) is 57.4 cm³/mol. The summed E-state index contributed by atoms with van der Waals surface area (Å²) in [6.45, 7) is 1.75. The van der Waals surface area contributed by atoms with Crippen molar-refractivity contribution >= 4 is 0 Å². The summed E-state index contributed by atoms with van der Waals surface area (Å²) in [7, 11) is 1.93. The molecule has 0 atom stereocenters. The summed E-state index contributed by atoms with van der Waals surface area (Å²) in [4.78, 5) is 4.13. The van der Waals surface area contributed by atoms with Gasteiger partial charge in [0.15, 0.2) is 0 Å². The molecule has 4 heteroatoms. The smallest absolute Gasteiger partial charge is 0.105 e. The Morgan fingerprint density at radius 2 is 2.47 bits per heavy atom. The molecule has 2 aromatic heterocycles. The van der Waals surface area contributed by atoms with E-state index in [2.05, 4.69) is 14.9 Å². The summed E-state index contributed by atoms with van der Waals surface area (Å²) in [5, 5.41) is 3.12. The molecule has 0 saturated carbocycles. The first-order valence-corrected chi connectivity index (χ1v) is 5.06. The highest BCUT2D eigenvalue weighted by Crippen LogP contribution is 2.05. The van der Waals surface area contributed by atoms with E-state index in [4.69, 9.17) is 4.42 Å². The molecule has 80 valence electrons. The van der Waals surface area contributed by atoms with E-state index in [1.54, 1.807) is 6.26 Å². The van der Waals surface area contributed by atoms with Gasteiger partial charge in [-0.25, -0.2) is 4.98 Å². The van der Waals surface area contributed by atoms with Gasteiger partial charge in [-0.1, -0.05) is 0 Å². The van der Waals surface area contributed by atoms with Crippen molar-refractivity contribution in [3.05, 3.63) is 42.4 Å². The van der Waals surface area contributed by atoms with Crippen molar-refractivity contribution in [3.8, 4) is 0 Å². The predicted octanol–water partition coefficient (Wildman–Crippen LogP) is 1.44. The maximum atomic E-state index is 5.28. The lowest BCUT2D eigenvalue weighted by Gasteiger charge is -2.06. The van der Waals surface area contributed by atoms with Crippen molar-refractivity contribution in [2.75, 3.05) is 7.05 Å². The molecule has 1 N–H and O–H groups in total. The van der Waals surface area contributed by atoms with Gasteiger partial charge in [0, 0.05) is 25.7 Å². The van der Waals surface area contributed by atoms with Crippen LogP contribution in [0.3, 0.4) is 0 Å². The second-order valence-corrected chi connectivity index (χ2v) is 3.44. The van der Waals surface area contributed by atoms with E-state index in [1.807, 2.05) is 31.7 Å². The Labute approximate surface area is 88.9 Å². The zero-order valence-electron chi connectivity index (χ0n) is 8.81. The van der Waals surface area contributed by atoms with Crippen LogP contribution in [0.4, 0.5) is 0 Å². The summed E-state index contributed by atoms with van der Waals surface area (Å²) in [5.74, 6) is 1.01. The Balaban J connectivity index is 1.95. The van der Waals surface area contributed by atoms with Gasteiger partial charge >= 0.3 is 0 Å². The minimum Gasteiger partial charge on any atom is -0.469 e. The van der Waals surface area contributed by atoms with Gasteiger partial charge in [-0.2, -0.15) is 0 Å². The van der Waals surface area contributed by atoms with Crippen LogP contribution in [0.25, 0.3) is 0 Å². The van der Waals surface area contributed by atoms with E-state index < -0.39 is 0 Å². The summed E-state index contributed by atoms with van der Waals surface area (Å²) < 4.78 is 7.42. The lowest BCUT2D eigenvalue weighted by atomic mass is 10.3. The molecule has 0 saturated heterocycles. The van der Waals surface area contributed by atoms with E-state index in [-0.39, 0.29) is 0 Å². The van der Waals surface area contributed by atoms with E-state index in [0.717, 1.165) is 25.3 Å². The Hall–Kier alpha value is -1.55. The average Bonchev–Trinajstić information content (AvgIpc) is 2.85. The van der Waals surface area contributed by atoms with Crippen LogP contribution in [0.15, 0.2) is 35.3 Å². The fraction of sp³-hybridized carbons (Fsp3) is 0.364. The number of rotatable bonds is 5. The van der Waals surface area contributed by atoms with E-state index in [0.29, 0.717) is 0 Å². The Bertz CT molecular complexity index is 392. The quantitative estimate of drug-likeness (QED) is 0.803. The molecular formula is C11H15N3O. The molecule has 0 amide bonds. The van der Waals surface area contributed by atoms with Crippen molar-refractivity contribution in [1.29, 1.82) is 0 Å². The molecule has 2 aromatic rings. The highest BCUT2D eigenvalue weighted by atomic mass is 16.3. The molecule has 0 aliphatic heterocycles. The maximum Gasteiger partial charge on any atom is 0.105 e. The zero-order valence-corrected chi connectivity index (χ0v) is 8.81. The van der Waals surface area contributed by atoms with E-state index in [1.165, 1.54) is 5.69 Å². The molecule has 0 aliphatic carbocycles. The average molecular weight is 205 g/mol. The third kappa shape index (κ3) is 2.47. The topological polar surface area (TPSA) is 43.0 Å². The molecule has 2 rings (SSSR count). The van der Waals surface area contributed by atoms with Crippen LogP contribution < -0.4 is 5.32 Å². The minimum absolute atomic E-state index is 0.845. The first-order valence-electron chi connectivity index (χ1n) is 5.06. The summed E-state index contributed by atoms with van der Waals surface area (Å²) in [6, 6.07) is 3.91. The van der Waals surface area contributed by atoms with E-state index >= 15 is 0 Å². The molecule has 2 heterocycles. The summed E-state index contributed by atoms with van der Waals surface area (Å²) in [6.07, 6.45) is 6.35. The van der Waals surface area contributed by atoms with Crippen molar-refractivity contribution in [2.24, 2.45) is 0 Å². The molecule has 0 unspecified atom stereocenters. The summed E-state index contributed by atoms with van der Waals surface area (Å²) >= 11 is 0. The van der Waals surface area contributed by atoms with Crippen molar-refractivity contribution < 1.29 is 4.42 Å². The molecule has 0 spiro atoms. The molecule has 4 nitrogen and oxygen atoms in total. The first kappa shape index (κ1) is 9.98. The lowest BCUT2D eigenvalue weighted by Crippen LogP contribution is -2.11. The van der Waals surface area contributed by atoms with Crippen molar-refractivity contribution in [1.82, 2.24) is 14.9 Å². The van der Waals surface area contributed by atoms with Crippen LogP contribution >= 0.6 is 0 Å². The van der Waals surface area contributed by atoms with Crippen LogP contribution in [0, 0.1) is 0 Å². The van der Waals surface area contributed by atoms with Crippen LogP contribution in [0.2, 0.25) is 0 Å². The number of hydrogen-bond donors (Lipinski definition) is 1. The van der Waals surface area contributed by atoms with Crippen molar-refractivity contribution in [2.45, 2.75) is 19.5 Å². The van der Waals surface area contributed by atoms with Gasteiger partial charge in [0.2, 0.25) is 0 Å². The van der Waals surface area contributed by atoms with Crippen LogP contribution in [-0.2, 0) is 19.5 Å². The first-order chi connectivity index (χ1) is 7.40. The second kappa shape index (κ2) is 4.79. The minimum atomic E-state index is 0.845. The van der Waals surface area contributed by atoms with E-state index in [9.17, 15) is 0 Å². The van der Waals surface area contributed by atoms with Gasteiger partial charge in [0.25, 0.3) is 0 Å². The van der Waals surface area contributed by atoms with Crippen LogP contribution in [0.1, 0.15) is 11.5 Å². The number of furan rings is 1. The molecule has 0 aliphatic rings. The van der Waals surface area contributed by atoms with Gasteiger partial charge in [0.1, 0.15) is 5.76 Å². The molecular weight excluding hydrogens is 190 g/mol. The van der Waals surface area contributed by atoms with Crippen molar-refractivity contribution in [3.63, 3.8) is 0 Å². The monoisotopic (exact) mass is 205 g/mol. The molecule has 0 radical (unpaired) electrons. The van der Waals surface area contributed by atoms with Gasteiger partial charge in [-0.05, 0) is 19.2 Å². The molecule has 15 heavy (non-hydrogen) atoms. The maximum absolute atomic E-state index is 5.28. The molecule has 0 fully saturated rings. The molecule has 0 aromatic carbocycles. The number of nitrogens with one attached hydrogen (secondary N) is 1. The van der Waals surface area contributed by atoms with Gasteiger partial charge in [-0.15, -0.1) is 0 Å². The fourth-order valence-corrected chi connectivity index (χ4v) is 1.56. The number of nitrogens with zero attached hydrogens (tertiary/aromatic N) is 2. The SMILES string of the molecule is CNCc1cncn1CCc1ccco1. The number of aryl methyl sites for hydroxylation is 2. The van der Waals surface area contributed by atoms with Crippen LogP contribution in [-0.4, -0.2) is 16.6 Å². The van der Waals surface area contributed by atoms with Gasteiger partial charge < -0.3 is 14.3 Å². The largest absolute Gasteiger partial charge is 0.469 e. The normalized spacial score (nSPS) is 10.7.